The fourth-order valence-electron chi connectivity index (χ4n) is 3.58. The van der Waals surface area contributed by atoms with Crippen LogP contribution in [0.2, 0.25) is 0 Å². The summed E-state index contributed by atoms with van der Waals surface area (Å²) in [7, 11) is 1.76. The van der Waals surface area contributed by atoms with E-state index in [9.17, 15) is 9.59 Å². The first-order chi connectivity index (χ1) is 14.0. The molecule has 1 aliphatic heterocycles. The molecule has 1 aromatic rings. The predicted octanol–water partition coefficient (Wildman–Crippen LogP) is 0.831. The molecule has 1 aromatic carbocycles. The van der Waals surface area contributed by atoms with Crippen LogP contribution in [0.15, 0.2) is 29.3 Å². The van der Waals surface area contributed by atoms with E-state index in [2.05, 4.69) is 32.8 Å². The number of piperidine rings is 1. The molecular formula is C21H34N6O2. The molecule has 0 aliphatic carbocycles. The molecule has 29 heavy (non-hydrogen) atoms. The molecule has 1 fully saturated rings. The second-order valence-corrected chi connectivity index (χ2v) is 7.29. The Morgan fingerprint density at radius 1 is 1.17 bits per heavy atom. The van der Waals surface area contributed by atoms with E-state index in [4.69, 9.17) is 5.73 Å². The Hall–Kier alpha value is -2.61. The van der Waals surface area contributed by atoms with Crippen LogP contribution in [0, 0.1) is 0 Å². The number of nitrogens with two attached hydrogens (primary N) is 1. The highest BCUT2D eigenvalue weighted by atomic mass is 16.2. The highest BCUT2D eigenvalue weighted by Gasteiger charge is 2.19. The Morgan fingerprint density at radius 3 is 2.59 bits per heavy atom. The summed E-state index contributed by atoms with van der Waals surface area (Å²) in [6.07, 6.45) is 5.15. The van der Waals surface area contributed by atoms with Crippen LogP contribution in [-0.2, 0) is 11.3 Å². The van der Waals surface area contributed by atoms with Crippen LogP contribution in [0.1, 0.15) is 48.5 Å². The van der Waals surface area contributed by atoms with Gasteiger partial charge in [0.25, 0.3) is 5.91 Å². The average Bonchev–Trinajstić information content (AvgIpc) is 2.75. The smallest absolute Gasteiger partial charge is 0.251 e. The van der Waals surface area contributed by atoms with Crippen LogP contribution in [0.5, 0.6) is 0 Å². The summed E-state index contributed by atoms with van der Waals surface area (Å²) in [6.45, 7) is 5.77. The van der Waals surface area contributed by atoms with Gasteiger partial charge in [-0.05, 0) is 43.5 Å². The number of primary amides is 1. The molecule has 2 rings (SSSR count). The van der Waals surface area contributed by atoms with E-state index >= 15 is 0 Å². The topological polar surface area (TPSA) is 112 Å². The van der Waals surface area contributed by atoms with Crippen LogP contribution in [0.3, 0.4) is 0 Å². The quantitative estimate of drug-likeness (QED) is 0.361. The van der Waals surface area contributed by atoms with Gasteiger partial charge in [-0.3, -0.25) is 19.5 Å². The lowest BCUT2D eigenvalue weighted by molar-refractivity contribution is -0.117. The minimum Gasteiger partial charge on any atom is -0.368 e. The van der Waals surface area contributed by atoms with Crippen LogP contribution >= 0.6 is 0 Å². The fourth-order valence-corrected chi connectivity index (χ4v) is 3.58. The number of nitrogens with one attached hydrogen (secondary N) is 3. The lowest BCUT2D eigenvalue weighted by atomic mass is 10.0. The van der Waals surface area contributed by atoms with Crippen LogP contribution < -0.4 is 21.7 Å². The number of benzene rings is 1. The molecule has 0 bridgehead atoms. The van der Waals surface area contributed by atoms with Crippen molar-refractivity contribution < 1.29 is 9.59 Å². The summed E-state index contributed by atoms with van der Waals surface area (Å²) in [4.78, 5) is 29.5. The van der Waals surface area contributed by atoms with Gasteiger partial charge >= 0.3 is 0 Å². The van der Waals surface area contributed by atoms with Gasteiger partial charge in [-0.1, -0.05) is 25.5 Å². The molecule has 5 N–H and O–H groups in total. The Bertz CT molecular complexity index is 689. The molecular weight excluding hydrogens is 368 g/mol. The maximum atomic E-state index is 11.9. The second-order valence-electron chi connectivity index (χ2n) is 7.29. The number of rotatable bonds is 9. The van der Waals surface area contributed by atoms with Crippen molar-refractivity contribution in [1.29, 1.82) is 0 Å². The van der Waals surface area contributed by atoms with Gasteiger partial charge in [0.05, 0.1) is 6.54 Å². The first kappa shape index (κ1) is 22.7. The zero-order valence-electron chi connectivity index (χ0n) is 17.5. The van der Waals surface area contributed by atoms with Crippen molar-refractivity contribution in [3.8, 4) is 0 Å². The SMILES string of the molecule is CCC1CCCCN1CCNC(=NC)NCc1ccc(C(=O)NCC(N)=O)cc1. The zero-order valence-corrected chi connectivity index (χ0v) is 17.5. The molecule has 1 unspecified atom stereocenters. The summed E-state index contributed by atoms with van der Waals surface area (Å²) in [5.41, 5.74) is 6.55. The summed E-state index contributed by atoms with van der Waals surface area (Å²) in [5, 5.41) is 9.15. The number of carbonyl (C=O) groups is 2. The van der Waals surface area contributed by atoms with E-state index in [1.54, 1.807) is 19.2 Å². The Labute approximate surface area is 173 Å². The lowest BCUT2D eigenvalue weighted by Gasteiger charge is -2.35. The van der Waals surface area contributed by atoms with Gasteiger partial charge in [0, 0.05) is 38.3 Å². The van der Waals surface area contributed by atoms with Crippen LogP contribution in [0.4, 0.5) is 0 Å². The molecule has 8 nitrogen and oxygen atoms in total. The Morgan fingerprint density at radius 2 is 1.93 bits per heavy atom. The Kier molecular flexibility index (Phi) is 9.43. The summed E-state index contributed by atoms with van der Waals surface area (Å²) < 4.78 is 0. The minimum atomic E-state index is -0.566. The summed E-state index contributed by atoms with van der Waals surface area (Å²) in [5.74, 6) is -0.120. The number of likely N-dealkylation sites (tertiary alicyclic amines) is 1. The van der Waals surface area contributed by atoms with Gasteiger partial charge < -0.3 is 21.7 Å². The van der Waals surface area contributed by atoms with Gasteiger partial charge in [0.1, 0.15) is 0 Å². The maximum absolute atomic E-state index is 11.9. The number of aliphatic imine (C=N–C) groups is 1. The largest absolute Gasteiger partial charge is 0.368 e. The number of hydrogen-bond acceptors (Lipinski definition) is 4. The number of guanidine groups is 1. The third kappa shape index (κ3) is 7.73. The van der Waals surface area contributed by atoms with Gasteiger partial charge in [-0.15, -0.1) is 0 Å². The van der Waals surface area contributed by atoms with Crippen molar-refractivity contribution in [3.63, 3.8) is 0 Å². The molecule has 1 aliphatic rings. The molecule has 0 aromatic heterocycles. The minimum absolute atomic E-state index is 0.166. The standard InChI is InChI=1S/C21H34N6O2/c1-3-18-6-4-5-12-27(18)13-11-24-21(23-2)26-14-16-7-9-17(10-8-16)20(29)25-15-19(22)28/h7-10,18H,3-6,11-15H2,1-2H3,(H2,22,28)(H,25,29)(H2,23,24,26). The van der Waals surface area contributed by atoms with Crippen LogP contribution in [-0.4, -0.2) is 61.9 Å². The lowest BCUT2D eigenvalue weighted by Crippen LogP contribution is -2.45. The van der Waals surface area contributed by atoms with Crippen molar-refractivity contribution >= 4 is 17.8 Å². The molecule has 1 atom stereocenters. The number of carbonyl (C=O) groups excluding carboxylic acids is 2. The highest BCUT2D eigenvalue weighted by molar-refractivity contribution is 5.96. The maximum Gasteiger partial charge on any atom is 0.251 e. The van der Waals surface area contributed by atoms with Crippen molar-refractivity contribution in [2.45, 2.75) is 45.2 Å². The van der Waals surface area contributed by atoms with Gasteiger partial charge in [-0.2, -0.15) is 0 Å². The first-order valence-corrected chi connectivity index (χ1v) is 10.4. The molecule has 1 heterocycles. The van der Waals surface area contributed by atoms with E-state index in [1.807, 2.05) is 12.1 Å². The second kappa shape index (κ2) is 12.1. The average molecular weight is 403 g/mol. The molecule has 0 spiro atoms. The molecule has 0 radical (unpaired) electrons. The zero-order chi connectivity index (χ0) is 21.1. The predicted molar refractivity (Wildman–Crippen MR) is 116 cm³/mol. The number of amides is 2. The summed E-state index contributed by atoms with van der Waals surface area (Å²) in [6, 6.07) is 7.91. The molecule has 0 saturated carbocycles. The third-order valence-electron chi connectivity index (χ3n) is 5.23. The van der Waals surface area contributed by atoms with Crippen molar-refractivity contribution in [2.75, 3.05) is 33.2 Å². The van der Waals surface area contributed by atoms with Crippen molar-refractivity contribution in [3.05, 3.63) is 35.4 Å². The fraction of sp³-hybridized carbons (Fsp3) is 0.571. The first-order valence-electron chi connectivity index (χ1n) is 10.4. The van der Waals surface area contributed by atoms with E-state index in [0.717, 1.165) is 24.6 Å². The number of hydrogen-bond donors (Lipinski definition) is 4. The van der Waals surface area contributed by atoms with E-state index in [1.165, 1.54) is 32.2 Å². The van der Waals surface area contributed by atoms with E-state index < -0.39 is 5.91 Å². The van der Waals surface area contributed by atoms with Gasteiger partial charge in [-0.25, -0.2) is 0 Å². The van der Waals surface area contributed by atoms with Crippen LogP contribution in [0.25, 0.3) is 0 Å². The monoisotopic (exact) mass is 402 g/mol. The van der Waals surface area contributed by atoms with Crippen molar-refractivity contribution in [1.82, 2.24) is 20.9 Å². The van der Waals surface area contributed by atoms with Crippen molar-refractivity contribution in [2.24, 2.45) is 10.7 Å². The van der Waals surface area contributed by atoms with Gasteiger partial charge in [0.15, 0.2) is 5.96 Å². The number of nitrogens with zero attached hydrogens (tertiary/aromatic N) is 2. The van der Waals surface area contributed by atoms with E-state index in [-0.39, 0.29) is 12.5 Å². The molecule has 160 valence electrons. The third-order valence-corrected chi connectivity index (χ3v) is 5.23. The molecule has 2 amide bonds. The normalized spacial score (nSPS) is 17.6. The highest BCUT2D eigenvalue weighted by Crippen LogP contribution is 2.18. The van der Waals surface area contributed by atoms with Gasteiger partial charge in [0.2, 0.25) is 5.91 Å². The molecule has 8 heteroatoms. The Balaban J connectivity index is 1.74. The summed E-state index contributed by atoms with van der Waals surface area (Å²) >= 11 is 0. The molecule has 1 saturated heterocycles. The van der Waals surface area contributed by atoms with E-state index in [0.29, 0.717) is 18.2 Å².